The SMILES string of the molecule is O=C1COc2c(CCNCCN(C(=O)CCOCCc3ccccc3)C3CCCCCC3)ccc(O)c2N1.O=CC(F)(F)F. The monoisotopic (exact) mass is 621 g/mol. The lowest BCUT2D eigenvalue weighted by Crippen LogP contribution is -2.44. The van der Waals surface area contributed by atoms with Gasteiger partial charge in [0.15, 0.2) is 12.4 Å². The molecule has 0 aromatic heterocycles. The lowest BCUT2D eigenvalue weighted by molar-refractivity contribution is -0.156. The van der Waals surface area contributed by atoms with Gasteiger partial charge >= 0.3 is 6.18 Å². The van der Waals surface area contributed by atoms with Gasteiger partial charge < -0.3 is 30.1 Å². The van der Waals surface area contributed by atoms with Gasteiger partial charge in [0.05, 0.1) is 19.6 Å². The van der Waals surface area contributed by atoms with Crippen LogP contribution in [0.2, 0.25) is 0 Å². The molecule has 2 amide bonds. The van der Waals surface area contributed by atoms with Gasteiger partial charge in [-0.05, 0) is 49.4 Å². The second kappa shape index (κ2) is 18.2. The van der Waals surface area contributed by atoms with Crippen LogP contribution in [-0.4, -0.2) is 79.8 Å². The Morgan fingerprint density at radius 3 is 2.43 bits per heavy atom. The molecule has 2 aromatic carbocycles. The molecular formula is C32H42F3N3O6. The van der Waals surface area contributed by atoms with Crippen molar-refractivity contribution in [2.24, 2.45) is 0 Å². The molecule has 44 heavy (non-hydrogen) atoms. The van der Waals surface area contributed by atoms with E-state index in [-0.39, 0.29) is 24.2 Å². The molecule has 0 atom stereocenters. The number of benzene rings is 2. The van der Waals surface area contributed by atoms with Crippen LogP contribution in [0.5, 0.6) is 11.5 Å². The summed E-state index contributed by atoms with van der Waals surface area (Å²) in [6.07, 6.45) is 3.25. The molecule has 2 aliphatic rings. The van der Waals surface area contributed by atoms with E-state index in [4.69, 9.17) is 14.3 Å². The first-order chi connectivity index (χ1) is 21.2. The van der Waals surface area contributed by atoms with Gasteiger partial charge in [-0.3, -0.25) is 14.4 Å². The second-order valence-corrected chi connectivity index (χ2v) is 10.8. The normalized spacial score (nSPS) is 15.1. The molecule has 2 aromatic rings. The van der Waals surface area contributed by atoms with E-state index in [1.807, 2.05) is 24.3 Å². The van der Waals surface area contributed by atoms with Gasteiger partial charge in [0.1, 0.15) is 11.4 Å². The minimum absolute atomic E-state index is 0.00589. The molecule has 4 rings (SSSR count). The van der Waals surface area contributed by atoms with Crippen LogP contribution in [0.4, 0.5) is 18.9 Å². The van der Waals surface area contributed by atoms with E-state index in [9.17, 15) is 27.9 Å². The fourth-order valence-electron chi connectivity index (χ4n) is 5.28. The largest absolute Gasteiger partial charge is 0.506 e. The maximum atomic E-state index is 13.2. The predicted octanol–water partition coefficient (Wildman–Crippen LogP) is 4.80. The lowest BCUT2D eigenvalue weighted by Gasteiger charge is -2.31. The Balaban J connectivity index is 0.000000801. The van der Waals surface area contributed by atoms with Crippen molar-refractivity contribution in [2.45, 2.75) is 70.0 Å². The average Bonchev–Trinajstić information content (AvgIpc) is 3.30. The molecule has 0 saturated heterocycles. The van der Waals surface area contributed by atoms with Crippen LogP contribution in [0.15, 0.2) is 42.5 Å². The van der Waals surface area contributed by atoms with E-state index in [1.165, 1.54) is 31.2 Å². The standard InChI is InChI=1S/C30H41N3O5.C2HF3O/c34-26-13-12-24(30-29(26)32-27(35)22-38-30)14-17-31-18-19-33(25-10-6-1-2-7-11-25)28(36)16-21-37-20-15-23-8-4-3-5-9-23;3-2(4,5)1-6/h3-5,8-9,12-13,25,31,34H,1-2,6-7,10-11,14-22H2,(H,32,35);1H. The number of aromatic hydroxyl groups is 1. The zero-order valence-corrected chi connectivity index (χ0v) is 24.9. The zero-order chi connectivity index (χ0) is 31.8. The third-order valence-corrected chi connectivity index (χ3v) is 7.49. The number of hydrogen-bond acceptors (Lipinski definition) is 7. The highest BCUT2D eigenvalue weighted by molar-refractivity contribution is 5.97. The summed E-state index contributed by atoms with van der Waals surface area (Å²) in [6.45, 7) is 3.10. The Morgan fingerprint density at radius 2 is 1.75 bits per heavy atom. The molecule has 3 N–H and O–H groups in total. The molecule has 12 heteroatoms. The first-order valence-electron chi connectivity index (χ1n) is 15.1. The van der Waals surface area contributed by atoms with Crippen LogP contribution in [0.25, 0.3) is 0 Å². The number of phenolic OH excluding ortho intramolecular Hbond substituents is 1. The maximum absolute atomic E-state index is 13.2. The Labute approximate surface area is 256 Å². The highest BCUT2D eigenvalue weighted by Gasteiger charge is 2.26. The highest BCUT2D eigenvalue weighted by atomic mass is 19.4. The molecule has 1 aliphatic heterocycles. The van der Waals surface area contributed by atoms with E-state index < -0.39 is 12.5 Å². The summed E-state index contributed by atoms with van der Waals surface area (Å²) < 4.78 is 42.6. The third-order valence-electron chi connectivity index (χ3n) is 7.49. The number of anilines is 1. The third kappa shape index (κ3) is 12.2. The van der Waals surface area contributed by atoms with Crippen molar-refractivity contribution in [3.05, 3.63) is 53.6 Å². The molecule has 1 fully saturated rings. The summed E-state index contributed by atoms with van der Waals surface area (Å²) in [6, 6.07) is 14.0. The number of aldehydes is 1. The smallest absolute Gasteiger partial charge is 0.446 e. The number of alkyl halides is 3. The Bertz CT molecular complexity index is 1190. The number of hydrogen-bond donors (Lipinski definition) is 3. The van der Waals surface area contributed by atoms with E-state index >= 15 is 0 Å². The molecular weight excluding hydrogens is 579 g/mol. The van der Waals surface area contributed by atoms with Gasteiger partial charge in [-0.25, -0.2) is 0 Å². The second-order valence-electron chi connectivity index (χ2n) is 10.8. The van der Waals surface area contributed by atoms with Crippen molar-refractivity contribution >= 4 is 23.8 Å². The van der Waals surface area contributed by atoms with E-state index in [0.29, 0.717) is 63.2 Å². The predicted molar refractivity (Wildman–Crippen MR) is 160 cm³/mol. The van der Waals surface area contributed by atoms with Crippen molar-refractivity contribution in [1.82, 2.24) is 10.2 Å². The van der Waals surface area contributed by atoms with E-state index in [2.05, 4.69) is 27.7 Å². The number of ether oxygens (including phenoxy) is 2. The fourth-order valence-corrected chi connectivity index (χ4v) is 5.28. The van der Waals surface area contributed by atoms with Crippen LogP contribution in [0, 0.1) is 0 Å². The van der Waals surface area contributed by atoms with Crippen molar-refractivity contribution < 1.29 is 42.1 Å². The zero-order valence-electron chi connectivity index (χ0n) is 24.9. The van der Waals surface area contributed by atoms with Crippen LogP contribution in [0.1, 0.15) is 56.1 Å². The summed E-state index contributed by atoms with van der Waals surface area (Å²) in [4.78, 5) is 35.6. The lowest BCUT2D eigenvalue weighted by atomic mass is 10.1. The number of nitrogens with zero attached hydrogens (tertiary/aromatic N) is 1. The number of halogens is 3. The highest BCUT2D eigenvalue weighted by Crippen LogP contribution is 2.39. The van der Waals surface area contributed by atoms with Crippen LogP contribution < -0.4 is 15.4 Å². The van der Waals surface area contributed by atoms with Gasteiger partial charge in [-0.15, -0.1) is 0 Å². The number of phenols is 1. The molecule has 1 saturated carbocycles. The van der Waals surface area contributed by atoms with Crippen LogP contribution in [0.3, 0.4) is 0 Å². The summed E-state index contributed by atoms with van der Waals surface area (Å²) in [5.41, 5.74) is 2.51. The molecule has 9 nitrogen and oxygen atoms in total. The minimum Gasteiger partial charge on any atom is -0.506 e. The van der Waals surface area contributed by atoms with Gasteiger partial charge in [-0.2, -0.15) is 13.2 Å². The molecule has 1 heterocycles. The summed E-state index contributed by atoms with van der Waals surface area (Å²) in [5.74, 6) is 0.448. The summed E-state index contributed by atoms with van der Waals surface area (Å²) in [7, 11) is 0. The van der Waals surface area contributed by atoms with Gasteiger partial charge in [0.2, 0.25) is 12.2 Å². The van der Waals surface area contributed by atoms with Crippen molar-refractivity contribution in [3.8, 4) is 11.5 Å². The van der Waals surface area contributed by atoms with E-state index in [0.717, 1.165) is 24.8 Å². The van der Waals surface area contributed by atoms with Crippen LogP contribution >= 0.6 is 0 Å². The molecule has 242 valence electrons. The quantitative estimate of drug-likeness (QED) is 0.127. The van der Waals surface area contributed by atoms with Crippen molar-refractivity contribution in [3.63, 3.8) is 0 Å². The number of fused-ring (bicyclic) bond motifs is 1. The van der Waals surface area contributed by atoms with Crippen molar-refractivity contribution in [1.29, 1.82) is 0 Å². The Kier molecular flexibility index (Phi) is 14.4. The van der Waals surface area contributed by atoms with Gasteiger partial charge in [-0.1, -0.05) is 62.1 Å². The van der Waals surface area contributed by atoms with Crippen LogP contribution in [-0.2, 0) is 32.0 Å². The fraction of sp³-hybridized carbons (Fsp3) is 0.531. The first kappa shape index (κ1) is 34.8. The summed E-state index contributed by atoms with van der Waals surface area (Å²) >= 11 is 0. The van der Waals surface area contributed by atoms with Gasteiger partial charge in [0, 0.05) is 19.1 Å². The number of rotatable bonds is 13. The molecule has 0 spiro atoms. The Morgan fingerprint density at radius 1 is 1.05 bits per heavy atom. The Hall–Kier alpha value is -3.64. The van der Waals surface area contributed by atoms with Gasteiger partial charge in [0.25, 0.3) is 5.91 Å². The summed E-state index contributed by atoms with van der Waals surface area (Å²) in [5, 5.41) is 16.2. The average molecular weight is 622 g/mol. The topological polar surface area (TPSA) is 117 Å². The number of carbonyl (C=O) groups is 3. The number of nitrogens with one attached hydrogen (secondary N) is 2. The number of carbonyl (C=O) groups excluding carboxylic acids is 3. The first-order valence-corrected chi connectivity index (χ1v) is 15.1. The minimum atomic E-state index is -4.64. The van der Waals surface area contributed by atoms with Crippen molar-refractivity contribution in [2.75, 3.05) is 44.8 Å². The molecule has 0 bridgehead atoms. The molecule has 0 unspecified atom stereocenters. The molecule has 0 radical (unpaired) electrons. The number of amides is 2. The maximum Gasteiger partial charge on any atom is 0.446 e. The molecule has 1 aliphatic carbocycles. The van der Waals surface area contributed by atoms with E-state index in [1.54, 1.807) is 6.07 Å².